The fourth-order valence-electron chi connectivity index (χ4n) is 2.82. The van der Waals surface area contributed by atoms with Gasteiger partial charge in [-0.15, -0.1) is 22.7 Å². The summed E-state index contributed by atoms with van der Waals surface area (Å²) in [6.45, 7) is 3.50. The SMILES string of the molecule is CCOC(=O)c1c(NC(=O)COC(=O)c2ccc(C)s2)sc2c1CCC2. The number of carbonyl (C=O) groups excluding carboxylic acids is 3. The van der Waals surface area contributed by atoms with Crippen molar-refractivity contribution in [3.8, 4) is 0 Å². The van der Waals surface area contributed by atoms with Gasteiger partial charge in [-0.2, -0.15) is 0 Å². The van der Waals surface area contributed by atoms with E-state index in [1.165, 1.54) is 22.7 Å². The number of nitrogens with one attached hydrogen (secondary N) is 1. The fourth-order valence-corrected chi connectivity index (χ4v) is 4.88. The van der Waals surface area contributed by atoms with Crippen molar-refractivity contribution in [3.05, 3.63) is 37.9 Å². The summed E-state index contributed by atoms with van der Waals surface area (Å²) < 4.78 is 10.2. The first-order chi connectivity index (χ1) is 12.5. The van der Waals surface area contributed by atoms with E-state index >= 15 is 0 Å². The van der Waals surface area contributed by atoms with E-state index in [1.54, 1.807) is 13.0 Å². The molecule has 0 saturated carbocycles. The summed E-state index contributed by atoms with van der Waals surface area (Å²) >= 11 is 2.71. The summed E-state index contributed by atoms with van der Waals surface area (Å²) in [7, 11) is 0. The predicted octanol–water partition coefficient (Wildman–Crippen LogP) is 3.58. The van der Waals surface area contributed by atoms with E-state index in [0.29, 0.717) is 15.4 Å². The number of anilines is 1. The summed E-state index contributed by atoms with van der Waals surface area (Å²) in [5.74, 6) is -1.43. The van der Waals surface area contributed by atoms with Gasteiger partial charge in [-0.1, -0.05) is 0 Å². The van der Waals surface area contributed by atoms with Crippen LogP contribution in [-0.4, -0.2) is 31.1 Å². The number of rotatable bonds is 6. The number of amides is 1. The van der Waals surface area contributed by atoms with Gasteiger partial charge < -0.3 is 14.8 Å². The number of aryl methyl sites for hydroxylation is 2. The highest BCUT2D eigenvalue weighted by atomic mass is 32.1. The third-order valence-corrected chi connectivity index (χ3v) is 6.12. The zero-order valence-corrected chi connectivity index (χ0v) is 16.2. The van der Waals surface area contributed by atoms with Crippen LogP contribution in [0.25, 0.3) is 0 Å². The third-order valence-electron chi connectivity index (χ3n) is 3.93. The molecule has 0 atom stereocenters. The zero-order chi connectivity index (χ0) is 18.7. The smallest absolute Gasteiger partial charge is 0.348 e. The minimum Gasteiger partial charge on any atom is -0.462 e. The van der Waals surface area contributed by atoms with Gasteiger partial charge in [0.05, 0.1) is 12.2 Å². The van der Waals surface area contributed by atoms with Gasteiger partial charge in [0.1, 0.15) is 9.88 Å². The van der Waals surface area contributed by atoms with Crippen molar-refractivity contribution in [1.29, 1.82) is 0 Å². The van der Waals surface area contributed by atoms with Gasteiger partial charge >= 0.3 is 11.9 Å². The summed E-state index contributed by atoms with van der Waals surface area (Å²) in [5, 5.41) is 3.17. The molecule has 1 aliphatic rings. The lowest BCUT2D eigenvalue weighted by molar-refractivity contribution is -0.119. The lowest BCUT2D eigenvalue weighted by atomic mass is 10.1. The third kappa shape index (κ3) is 3.96. The Labute approximate surface area is 159 Å². The highest BCUT2D eigenvalue weighted by Gasteiger charge is 2.28. The molecule has 1 N–H and O–H groups in total. The highest BCUT2D eigenvalue weighted by molar-refractivity contribution is 7.17. The second kappa shape index (κ2) is 8.01. The van der Waals surface area contributed by atoms with Crippen LogP contribution >= 0.6 is 22.7 Å². The molecule has 0 radical (unpaired) electrons. The maximum absolute atomic E-state index is 12.3. The molecule has 0 bridgehead atoms. The number of fused-ring (bicyclic) bond motifs is 1. The molecule has 8 heteroatoms. The first-order valence-corrected chi connectivity index (χ1v) is 9.98. The Morgan fingerprint density at radius 3 is 2.62 bits per heavy atom. The predicted molar refractivity (Wildman–Crippen MR) is 100 cm³/mol. The van der Waals surface area contributed by atoms with Crippen molar-refractivity contribution in [2.24, 2.45) is 0 Å². The summed E-state index contributed by atoms with van der Waals surface area (Å²) in [5.41, 5.74) is 1.41. The second-order valence-electron chi connectivity index (χ2n) is 5.82. The monoisotopic (exact) mass is 393 g/mol. The van der Waals surface area contributed by atoms with Crippen LogP contribution in [0.3, 0.4) is 0 Å². The van der Waals surface area contributed by atoms with Crippen molar-refractivity contribution in [2.75, 3.05) is 18.5 Å². The van der Waals surface area contributed by atoms with Gasteiger partial charge in [-0.3, -0.25) is 4.79 Å². The fraction of sp³-hybridized carbons (Fsp3) is 0.389. The molecular weight excluding hydrogens is 374 g/mol. The Hall–Kier alpha value is -2.19. The number of esters is 2. The number of thiophene rings is 2. The van der Waals surface area contributed by atoms with Gasteiger partial charge in [-0.05, 0) is 50.8 Å². The van der Waals surface area contributed by atoms with Crippen molar-refractivity contribution in [2.45, 2.75) is 33.1 Å². The minimum atomic E-state index is -0.530. The Bertz CT molecular complexity index is 852. The van der Waals surface area contributed by atoms with E-state index in [-0.39, 0.29) is 6.61 Å². The molecule has 0 spiro atoms. The molecule has 26 heavy (non-hydrogen) atoms. The van der Waals surface area contributed by atoms with Gasteiger partial charge in [0.15, 0.2) is 6.61 Å². The van der Waals surface area contributed by atoms with Crippen LogP contribution in [0.1, 0.15) is 48.7 Å². The van der Waals surface area contributed by atoms with Crippen LogP contribution in [0.4, 0.5) is 5.00 Å². The van der Waals surface area contributed by atoms with Crippen LogP contribution in [0.5, 0.6) is 0 Å². The van der Waals surface area contributed by atoms with Crippen molar-refractivity contribution >= 4 is 45.5 Å². The van der Waals surface area contributed by atoms with Gasteiger partial charge in [0.2, 0.25) is 0 Å². The quantitative estimate of drug-likeness (QED) is 0.759. The lowest BCUT2D eigenvalue weighted by Gasteiger charge is -2.08. The van der Waals surface area contributed by atoms with Crippen molar-refractivity contribution in [3.63, 3.8) is 0 Å². The number of ether oxygens (including phenoxy) is 2. The first-order valence-electron chi connectivity index (χ1n) is 8.34. The molecule has 0 aliphatic heterocycles. The number of hydrogen-bond acceptors (Lipinski definition) is 7. The molecule has 6 nitrogen and oxygen atoms in total. The molecule has 0 saturated heterocycles. The van der Waals surface area contributed by atoms with E-state index in [9.17, 15) is 14.4 Å². The summed E-state index contributed by atoms with van der Waals surface area (Å²) in [6, 6.07) is 3.49. The highest BCUT2D eigenvalue weighted by Crippen LogP contribution is 2.39. The molecule has 2 aromatic rings. The molecular formula is C18H19NO5S2. The normalized spacial score (nSPS) is 12.5. The number of carbonyl (C=O) groups is 3. The molecule has 2 heterocycles. The van der Waals surface area contributed by atoms with Gasteiger partial charge in [0.25, 0.3) is 5.91 Å². The summed E-state index contributed by atoms with van der Waals surface area (Å²) in [6.07, 6.45) is 2.71. The van der Waals surface area contributed by atoms with Crippen LogP contribution in [-0.2, 0) is 27.1 Å². The van der Waals surface area contributed by atoms with Crippen LogP contribution in [0.15, 0.2) is 12.1 Å². The lowest BCUT2D eigenvalue weighted by Crippen LogP contribution is -2.21. The number of hydrogen-bond donors (Lipinski definition) is 1. The molecule has 0 aromatic carbocycles. The molecule has 138 valence electrons. The van der Waals surface area contributed by atoms with Crippen LogP contribution in [0.2, 0.25) is 0 Å². The zero-order valence-electron chi connectivity index (χ0n) is 14.5. The largest absolute Gasteiger partial charge is 0.462 e. The average molecular weight is 393 g/mol. The maximum atomic E-state index is 12.3. The maximum Gasteiger partial charge on any atom is 0.348 e. The van der Waals surface area contributed by atoms with Gasteiger partial charge in [-0.25, -0.2) is 9.59 Å². The Morgan fingerprint density at radius 1 is 1.12 bits per heavy atom. The van der Waals surface area contributed by atoms with E-state index < -0.39 is 24.5 Å². The minimum absolute atomic E-state index is 0.273. The second-order valence-corrected chi connectivity index (χ2v) is 8.21. The molecule has 2 aromatic heterocycles. The average Bonchev–Trinajstić information content (AvgIpc) is 3.28. The van der Waals surface area contributed by atoms with Gasteiger partial charge in [0, 0.05) is 9.75 Å². The Kier molecular flexibility index (Phi) is 5.73. The van der Waals surface area contributed by atoms with E-state index in [4.69, 9.17) is 9.47 Å². The van der Waals surface area contributed by atoms with Crippen molar-refractivity contribution in [1.82, 2.24) is 0 Å². The molecule has 1 aliphatic carbocycles. The van der Waals surface area contributed by atoms with E-state index in [2.05, 4.69) is 5.32 Å². The molecule has 0 unspecified atom stereocenters. The Morgan fingerprint density at radius 2 is 1.92 bits per heavy atom. The standard InChI is InChI=1S/C18H19NO5S2/c1-3-23-18(22)15-11-5-4-6-12(11)26-16(15)19-14(20)9-24-17(21)13-8-7-10(2)25-13/h7-8H,3-6,9H2,1-2H3,(H,19,20). The van der Waals surface area contributed by atoms with E-state index in [0.717, 1.165) is 34.6 Å². The molecule has 1 amide bonds. The van der Waals surface area contributed by atoms with Crippen LogP contribution in [0, 0.1) is 6.92 Å². The summed E-state index contributed by atoms with van der Waals surface area (Å²) in [4.78, 5) is 38.9. The topological polar surface area (TPSA) is 81.7 Å². The Balaban J connectivity index is 1.66. The van der Waals surface area contributed by atoms with Crippen LogP contribution < -0.4 is 5.32 Å². The molecule has 0 fully saturated rings. The molecule has 3 rings (SSSR count). The van der Waals surface area contributed by atoms with E-state index in [1.807, 2.05) is 13.0 Å². The van der Waals surface area contributed by atoms with Crippen molar-refractivity contribution < 1.29 is 23.9 Å². The first kappa shape index (κ1) is 18.6.